The van der Waals surface area contributed by atoms with Crippen molar-refractivity contribution in [3.8, 4) is 0 Å². The summed E-state index contributed by atoms with van der Waals surface area (Å²) in [6.45, 7) is 7.60. The Labute approximate surface area is 67.8 Å². The maximum atomic E-state index is 11.1. The number of hydrogen-bond acceptors (Lipinski definition) is 1. The van der Waals surface area contributed by atoms with Crippen molar-refractivity contribution in [2.75, 3.05) is 0 Å². The molecular weight excluding hydrogens is 136 g/mol. The first-order valence-electron chi connectivity index (χ1n) is 3.95. The summed E-state index contributed by atoms with van der Waals surface area (Å²) in [4.78, 5) is 11.1. The molecule has 1 heteroatoms. The number of carbonyl (C=O) groups is 1. The second-order valence-electron chi connectivity index (χ2n) is 3.28. The van der Waals surface area contributed by atoms with E-state index in [1.807, 2.05) is 0 Å². The lowest BCUT2D eigenvalue weighted by Crippen LogP contribution is -2.16. The van der Waals surface area contributed by atoms with Crippen molar-refractivity contribution in [3.63, 3.8) is 0 Å². The minimum absolute atomic E-state index is 0.0972. The third-order valence-electron chi connectivity index (χ3n) is 2.22. The molecule has 0 saturated carbocycles. The first-order valence-corrected chi connectivity index (χ1v) is 3.95. The topological polar surface area (TPSA) is 17.1 Å². The Morgan fingerprint density at radius 2 is 2.36 bits per heavy atom. The van der Waals surface area contributed by atoms with Crippen LogP contribution in [0.4, 0.5) is 0 Å². The van der Waals surface area contributed by atoms with Gasteiger partial charge in [-0.05, 0) is 26.7 Å². The predicted octanol–water partition coefficient (Wildman–Crippen LogP) is 2.49. The van der Waals surface area contributed by atoms with Crippen LogP contribution in [0.2, 0.25) is 0 Å². The van der Waals surface area contributed by atoms with Gasteiger partial charge in [-0.25, -0.2) is 0 Å². The smallest absolute Gasteiger partial charge is 0.137 e. The van der Waals surface area contributed by atoms with E-state index in [2.05, 4.69) is 19.6 Å². The molecule has 1 unspecified atom stereocenters. The quantitative estimate of drug-likeness (QED) is 0.525. The third-order valence-corrected chi connectivity index (χ3v) is 2.22. The van der Waals surface area contributed by atoms with Crippen molar-refractivity contribution in [1.29, 1.82) is 0 Å². The Bertz CT molecular complexity index is 223. The van der Waals surface area contributed by atoms with Crippen LogP contribution in [-0.2, 0) is 4.79 Å². The number of Topliss-reactive ketones (excluding diaryl/α,β-unsaturated/α-hetero) is 1. The lowest BCUT2D eigenvalue weighted by atomic mass is 9.83. The molecule has 0 N–H and O–H groups in total. The number of rotatable bonds is 1. The normalized spacial score (nSPS) is 24.7. The highest BCUT2D eigenvalue weighted by atomic mass is 16.1. The van der Waals surface area contributed by atoms with E-state index in [0.29, 0.717) is 0 Å². The van der Waals surface area contributed by atoms with Crippen LogP contribution < -0.4 is 0 Å². The molecule has 0 aliphatic heterocycles. The van der Waals surface area contributed by atoms with E-state index in [1.165, 1.54) is 5.57 Å². The van der Waals surface area contributed by atoms with Gasteiger partial charge in [0.05, 0.1) is 0 Å². The van der Waals surface area contributed by atoms with Gasteiger partial charge in [-0.2, -0.15) is 0 Å². The SMILES string of the molecule is C=C1CC=C(C)CC1C(C)=O. The third kappa shape index (κ3) is 1.79. The number of carbonyl (C=O) groups excluding carboxylic acids is 1. The number of allylic oxidation sites excluding steroid dienone is 3. The molecule has 1 aliphatic rings. The van der Waals surface area contributed by atoms with Gasteiger partial charge in [-0.3, -0.25) is 4.79 Å². The summed E-state index contributed by atoms with van der Waals surface area (Å²) >= 11 is 0. The zero-order valence-electron chi connectivity index (χ0n) is 7.18. The lowest BCUT2D eigenvalue weighted by Gasteiger charge is -2.20. The summed E-state index contributed by atoms with van der Waals surface area (Å²) in [5.74, 6) is 0.349. The molecule has 1 rings (SSSR count). The van der Waals surface area contributed by atoms with Crippen molar-refractivity contribution >= 4 is 5.78 Å². The number of ketones is 1. The Kier molecular flexibility index (Phi) is 2.28. The molecule has 0 aromatic rings. The van der Waals surface area contributed by atoms with E-state index < -0.39 is 0 Å². The van der Waals surface area contributed by atoms with Gasteiger partial charge in [-0.1, -0.05) is 23.8 Å². The zero-order chi connectivity index (χ0) is 8.43. The first-order chi connectivity index (χ1) is 5.11. The summed E-state index contributed by atoms with van der Waals surface area (Å²) in [5.41, 5.74) is 2.39. The Balaban J connectivity index is 2.76. The van der Waals surface area contributed by atoms with E-state index in [9.17, 15) is 4.79 Å². The Hall–Kier alpha value is -0.850. The Morgan fingerprint density at radius 3 is 2.82 bits per heavy atom. The highest BCUT2D eigenvalue weighted by molar-refractivity contribution is 5.81. The second-order valence-corrected chi connectivity index (χ2v) is 3.28. The molecule has 0 aromatic heterocycles. The highest BCUT2D eigenvalue weighted by Crippen LogP contribution is 2.27. The standard InChI is InChI=1S/C10H14O/c1-7-4-5-8(2)10(6-7)9(3)11/h4,10H,2,5-6H2,1,3H3. The van der Waals surface area contributed by atoms with Crippen LogP contribution in [0.15, 0.2) is 23.8 Å². The maximum Gasteiger partial charge on any atom is 0.137 e. The van der Waals surface area contributed by atoms with E-state index in [0.717, 1.165) is 18.4 Å². The summed E-state index contributed by atoms with van der Waals surface area (Å²) < 4.78 is 0. The predicted molar refractivity (Wildman–Crippen MR) is 46.3 cm³/mol. The molecule has 1 aliphatic carbocycles. The molecule has 0 fully saturated rings. The maximum absolute atomic E-state index is 11.1. The van der Waals surface area contributed by atoms with Gasteiger partial charge in [0, 0.05) is 5.92 Å². The van der Waals surface area contributed by atoms with Gasteiger partial charge in [0.25, 0.3) is 0 Å². The largest absolute Gasteiger partial charge is 0.299 e. The molecule has 0 bridgehead atoms. The van der Waals surface area contributed by atoms with Crippen LogP contribution in [-0.4, -0.2) is 5.78 Å². The average molecular weight is 150 g/mol. The molecule has 60 valence electrons. The van der Waals surface area contributed by atoms with Crippen LogP contribution in [0.5, 0.6) is 0 Å². The monoisotopic (exact) mass is 150 g/mol. The lowest BCUT2D eigenvalue weighted by molar-refractivity contribution is -0.119. The first kappa shape index (κ1) is 8.25. The van der Waals surface area contributed by atoms with Gasteiger partial charge < -0.3 is 0 Å². The van der Waals surface area contributed by atoms with Crippen LogP contribution in [0.1, 0.15) is 26.7 Å². The molecular formula is C10H14O. The molecule has 0 spiro atoms. The zero-order valence-corrected chi connectivity index (χ0v) is 7.18. The highest BCUT2D eigenvalue weighted by Gasteiger charge is 2.20. The van der Waals surface area contributed by atoms with Crippen LogP contribution in [0.3, 0.4) is 0 Å². The van der Waals surface area contributed by atoms with Gasteiger partial charge in [0.15, 0.2) is 0 Å². The van der Waals surface area contributed by atoms with Crippen molar-refractivity contribution in [2.45, 2.75) is 26.7 Å². The van der Waals surface area contributed by atoms with Crippen LogP contribution >= 0.6 is 0 Å². The average Bonchev–Trinajstić information content (AvgIpc) is 1.94. The fraction of sp³-hybridized carbons (Fsp3) is 0.500. The summed E-state index contributed by atoms with van der Waals surface area (Å²) in [5, 5.41) is 0. The van der Waals surface area contributed by atoms with E-state index in [4.69, 9.17) is 0 Å². The molecule has 11 heavy (non-hydrogen) atoms. The van der Waals surface area contributed by atoms with Crippen molar-refractivity contribution in [3.05, 3.63) is 23.8 Å². The van der Waals surface area contributed by atoms with Crippen molar-refractivity contribution < 1.29 is 4.79 Å². The minimum atomic E-state index is 0.0972. The number of hydrogen-bond donors (Lipinski definition) is 0. The molecule has 0 amide bonds. The minimum Gasteiger partial charge on any atom is -0.299 e. The van der Waals surface area contributed by atoms with Gasteiger partial charge >= 0.3 is 0 Å². The molecule has 0 heterocycles. The Morgan fingerprint density at radius 1 is 1.73 bits per heavy atom. The second kappa shape index (κ2) is 3.04. The molecule has 0 aromatic carbocycles. The van der Waals surface area contributed by atoms with E-state index in [1.54, 1.807) is 6.92 Å². The summed E-state index contributed by atoms with van der Waals surface area (Å²) in [6, 6.07) is 0. The van der Waals surface area contributed by atoms with Gasteiger partial charge in [0.2, 0.25) is 0 Å². The molecule has 1 nitrogen and oxygen atoms in total. The van der Waals surface area contributed by atoms with Crippen LogP contribution in [0.25, 0.3) is 0 Å². The van der Waals surface area contributed by atoms with Gasteiger partial charge in [-0.15, -0.1) is 0 Å². The molecule has 1 atom stereocenters. The van der Waals surface area contributed by atoms with Crippen LogP contribution in [0, 0.1) is 5.92 Å². The summed E-state index contributed by atoms with van der Waals surface area (Å²) in [6.07, 6.45) is 3.92. The van der Waals surface area contributed by atoms with Crippen molar-refractivity contribution in [2.24, 2.45) is 5.92 Å². The van der Waals surface area contributed by atoms with E-state index >= 15 is 0 Å². The van der Waals surface area contributed by atoms with E-state index in [-0.39, 0.29) is 11.7 Å². The molecule has 0 saturated heterocycles. The molecule has 0 radical (unpaired) electrons. The fourth-order valence-electron chi connectivity index (χ4n) is 1.43. The van der Waals surface area contributed by atoms with Crippen molar-refractivity contribution in [1.82, 2.24) is 0 Å². The summed E-state index contributed by atoms with van der Waals surface area (Å²) in [7, 11) is 0. The fourth-order valence-corrected chi connectivity index (χ4v) is 1.43. The van der Waals surface area contributed by atoms with Gasteiger partial charge in [0.1, 0.15) is 5.78 Å².